The highest BCUT2D eigenvalue weighted by Gasteiger charge is 2.65. The van der Waals surface area contributed by atoms with E-state index < -0.39 is 17.0 Å². The molecular formula is C27H26F2N6. The van der Waals surface area contributed by atoms with Gasteiger partial charge in [0.25, 0.3) is 5.95 Å². The van der Waals surface area contributed by atoms with Crippen LogP contribution in [0.1, 0.15) is 75.0 Å². The molecule has 2 bridgehead atoms. The van der Waals surface area contributed by atoms with Gasteiger partial charge in [-0.15, -0.1) is 5.10 Å². The van der Waals surface area contributed by atoms with Crippen molar-refractivity contribution in [2.24, 2.45) is 5.41 Å². The van der Waals surface area contributed by atoms with E-state index in [2.05, 4.69) is 48.0 Å². The van der Waals surface area contributed by atoms with Gasteiger partial charge in [0.1, 0.15) is 11.6 Å². The van der Waals surface area contributed by atoms with E-state index in [4.69, 9.17) is 4.98 Å². The summed E-state index contributed by atoms with van der Waals surface area (Å²) in [6, 6.07) is 9.59. The molecule has 6 rings (SSSR count). The van der Waals surface area contributed by atoms with Crippen LogP contribution in [0.2, 0.25) is 0 Å². The molecule has 2 aliphatic carbocycles. The van der Waals surface area contributed by atoms with E-state index in [-0.39, 0.29) is 22.6 Å². The lowest BCUT2D eigenvalue weighted by Crippen LogP contribution is -2.38. The molecule has 0 saturated heterocycles. The lowest BCUT2D eigenvalue weighted by atomic mass is 9.66. The molecule has 178 valence electrons. The molecule has 3 heterocycles. The van der Waals surface area contributed by atoms with Crippen molar-refractivity contribution < 1.29 is 8.78 Å². The quantitative estimate of drug-likeness (QED) is 0.380. The smallest absolute Gasteiger partial charge is 0.220 e. The van der Waals surface area contributed by atoms with Crippen LogP contribution >= 0.6 is 0 Å². The largest absolute Gasteiger partial charge is 0.250 e. The second-order valence-corrected chi connectivity index (χ2v) is 10.4. The van der Waals surface area contributed by atoms with Crippen molar-refractivity contribution in [1.82, 2.24) is 29.9 Å². The van der Waals surface area contributed by atoms with Crippen molar-refractivity contribution in [2.75, 3.05) is 0 Å². The van der Waals surface area contributed by atoms with Gasteiger partial charge >= 0.3 is 0 Å². The lowest BCUT2D eigenvalue weighted by molar-refractivity contribution is 0.242. The Kier molecular flexibility index (Phi) is 4.69. The topological polar surface area (TPSA) is 69.4 Å². The van der Waals surface area contributed by atoms with Crippen molar-refractivity contribution in [3.8, 4) is 17.2 Å². The summed E-state index contributed by atoms with van der Waals surface area (Å²) in [5.74, 6) is -0.293. The zero-order valence-electron chi connectivity index (χ0n) is 20.1. The van der Waals surface area contributed by atoms with E-state index in [0.29, 0.717) is 11.9 Å². The Balaban J connectivity index is 1.49. The number of fused-ring (bicyclic) bond motifs is 5. The summed E-state index contributed by atoms with van der Waals surface area (Å²) in [4.78, 5) is 9.45. The maximum absolute atomic E-state index is 14.5. The molecule has 1 aromatic carbocycles. The molecule has 0 aliphatic heterocycles. The summed E-state index contributed by atoms with van der Waals surface area (Å²) in [6.45, 7) is 8.64. The van der Waals surface area contributed by atoms with E-state index in [1.54, 1.807) is 10.9 Å². The van der Waals surface area contributed by atoms with Crippen molar-refractivity contribution in [2.45, 2.75) is 57.8 Å². The number of rotatable bonds is 4. The Bertz CT molecular complexity index is 1440. The minimum Gasteiger partial charge on any atom is -0.220 e. The van der Waals surface area contributed by atoms with Gasteiger partial charge in [0.15, 0.2) is 0 Å². The summed E-state index contributed by atoms with van der Waals surface area (Å²) in [5, 5.41) is 13.6. The van der Waals surface area contributed by atoms with Crippen LogP contribution in [0.15, 0.2) is 48.8 Å². The van der Waals surface area contributed by atoms with Gasteiger partial charge in [-0.2, -0.15) is 10.2 Å². The molecule has 0 N–H and O–H groups in total. The fourth-order valence-electron chi connectivity index (χ4n) is 6.21. The van der Waals surface area contributed by atoms with Gasteiger partial charge in [0, 0.05) is 12.4 Å². The minimum absolute atomic E-state index is 0.138. The molecule has 3 aromatic heterocycles. The molecule has 0 radical (unpaired) electrons. The summed E-state index contributed by atoms with van der Waals surface area (Å²) in [5.41, 5.74) is 3.08. The first-order chi connectivity index (χ1) is 16.7. The Morgan fingerprint density at radius 1 is 1.06 bits per heavy atom. The zero-order valence-corrected chi connectivity index (χ0v) is 20.1. The number of nitrogens with zero attached hydrogens (tertiary/aromatic N) is 6. The Labute approximate surface area is 202 Å². The number of hydrogen-bond acceptors (Lipinski definition) is 5. The van der Waals surface area contributed by atoms with Crippen LogP contribution in [-0.4, -0.2) is 29.9 Å². The first-order valence-corrected chi connectivity index (χ1v) is 12.0. The van der Waals surface area contributed by atoms with Gasteiger partial charge in [-0.05, 0) is 66.0 Å². The first-order valence-electron chi connectivity index (χ1n) is 12.0. The van der Waals surface area contributed by atoms with Crippen LogP contribution in [0.4, 0.5) is 8.78 Å². The maximum Gasteiger partial charge on any atom is 0.250 e. The third-order valence-electron chi connectivity index (χ3n) is 8.09. The van der Waals surface area contributed by atoms with E-state index in [1.165, 1.54) is 18.2 Å². The van der Waals surface area contributed by atoms with Crippen molar-refractivity contribution in [1.29, 1.82) is 0 Å². The van der Waals surface area contributed by atoms with E-state index in [1.807, 2.05) is 24.4 Å². The molecule has 2 atom stereocenters. The van der Waals surface area contributed by atoms with Crippen molar-refractivity contribution in [3.63, 3.8) is 0 Å². The predicted molar refractivity (Wildman–Crippen MR) is 127 cm³/mol. The van der Waals surface area contributed by atoms with Crippen LogP contribution in [0.5, 0.6) is 0 Å². The molecule has 1 fully saturated rings. The molecular weight excluding hydrogens is 446 g/mol. The molecule has 6 nitrogen and oxygen atoms in total. The SMILES string of the molecule is CC(C)c1ccn(-c2nccc([C@@]34CC[C@@H](c5cc(-c6c(F)cccc6F)nnc53)C4(C)C)n2)n1. The van der Waals surface area contributed by atoms with Gasteiger partial charge in [0.2, 0.25) is 0 Å². The van der Waals surface area contributed by atoms with Crippen molar-refractivity contribution in [3.05, 3.63) is 83.1 Å². The van der Waals surface area contributed by atoms with E-state index >= 15 is 0 Å². The molecule has 35 heavy (non-hydrogen) atoms. The first kappa shape index (κ1) is 21.9. The second-order valence-electron chi connectivity index (χ2n) is 10.4. The highest BCUT2D eigenvalue weighted by molar-refractivity contribution is 5.64. The molecule has 0 amide bonds. The summed E-state index contributed by atoms with van der Waals surface area (Å²) < 4.78 is 30.7. The molecule has 0 unspecified atom stereocenters. The van der Waals surface area contributed by atoms with Gasteiger partial charge in [0.05, 0.1) is 33.8 Å². The van der Waals surface area contributed by atoms with Crippen LogP contribution < -0.4 is 0 Å². The zero-order chi connectivity index (χ0) is 24.5. The van der Waals surface area contributed by atoms with Crippen LogP contribution in [0.3, 0.4) is 0 Å². The normalized spacial score (nSPS) is 22.1. The van der Waals surface area contributed by atoms with Gasteiger partial charge in [-0.3, -0.25) is 0 Å². The molecule has 1 saturated carbocycles. The number of aromatic nitrogens is 6. The average Bonchev–Trinajstić information content (AvgIpc) is 3.48. The lowest BCUT2D eigenvalue weighted by Gasteiger charge is -2.37. The van der Waals surface area contributed by atoms with Gasteiger partial charge in [-0.25, -0.2) is 23.4 Å². The Morgan fingerprint density at radius 3 is 2.54 bits per heavy atom. The molecule has 4 aromatic rings. The second kappa shape index (κ2) is 7.47. The predicted octanol–water partition coefficient (Wildman–Crippen LogP) is 5.72. The summed E-state index contributed by atoms with van der Waals surface area (Å²) >= 11 is 0. The maximum atomic E-state index is 14.5. The van der Waals surface area contributed by atoms with E-state index in [0.717, 1.165) is 35.5 Å². The monoisotopic (exact) mass is 472 g/mol. The molecule has 2 aliphatic rings. The Hall–Kier alpha value is -3.55. The highest BCUT2D eigenvalue weighted by atomic mass is 19.1. The third kappa shape index (κ3) is 2.95. The summed E-state index contributed by atoms with van der Waals surface area (Å²) in [6.07, 6.45) is 5.45. The Morgan fingerprint density at radius 2 is 1.83 bits per heavy atom. The van der Waals surface area contributed by atoms with E-state index in [9.17, 15) is 8.78 Å². The summed E-state index contributed by atoms with van der Waals surface area (Å²) in [7, 11) is 0. The molecule has 8 heteroatoms. The van der Waals surface area contributed by atoms with Crippen LogP contribution in [-0.2, 0) is 5.41 Å². The van der Waals surface area contributed by atoms with Crippen molar-refractivity contribution >= 4 is 0 Å². The van der Waals surface area contributed by atoms with Gasteiger partial charge in [-0.1, -0.05) is 33.8 Å². The highest BCUT2D eigenvalue weighted by Crippen LogP contribution is 2.69. The number of benzene rings is 1. The van der Waals surface area contributed by atoms with Crippen LogP contribution in [0.25, 0.3) is 17.2 Å². The number of halogens is 2. The number of hydrogen-bond donors (Lipinski definition) is 0. The minimum atomic E-state index is -0.642. The fraction of sp³-hybridized carbons (Fsp3) is 0.370. The third-order valence-corrected chi connectivity index (χ3v) is 8.09. The molecule has 0 spiro atoms. The standard InChI is InChI=1S/C27H26F2N6/c1-15(2)20-10-13-35(34-20)25-30-12-9-22(31-25)27-11-8-17(26(27,3)4)16-14-21(32-33-24(16)27)23-18(28)6-5-7-19(23)29/h5-7,9-10,12-15,17H,8,11H2,1-4H3/t17-,27-/m0/s1. The van der Waals surface area contributed by atoms with Gasteiger partial charge < -0.3 is 0 Å². The van der Waals surface area contributed by atoms with Crippen LogP contribution in [0, 0.1) is 17.0 Å². The fourth-order valence-corrected chi connectivity index (χ4v) is 6.21. The average molecular weight is 473 g/mol.